The highest BCUT2D eigenvalue weighted by Gasteiger charge is 2.19. The Morgan fingerprint density at radius 3 is 2.79 bits per heavy atom. The summed E-state index contributed by atoms with van der Waals surface area (Å²) in [6.45, 7) is 2.09. The average molecular weight is 329 g/mol. The Morgan fingerprint density at radius 1 is 1.33 bits per heavy atom. The van der Waals surface area contributed by atoms with Gasteiger partial charge in [0.1, 0.15) is 5.82 Å². The van der Waals surface area contributed by atoms with Gasteiger partial charge >= 0.3 is 0 Å². The molecule has 6 nitrogen and oxygen atoms in total. The van der Waals surface area contributed by atoms with Gasteiger partial charge in [0.25, 0.3) is 11.6 Å². The standard InChI is InChI=1S/C17H16FN3O3/c1-10-15-13(16(23)19-7-2-8-22)9-14(20-17(15)24-21-10)11-3-5-12(18)6-4-11/h3-6,9,22H,2,7-8H2,1H3,(H,19,23). The Morgan fingerprint density at radius 2 is 2.08 bits per heavy atom. The number of fused-ring (bicyclic) bond motifs is 1. The van der Waals surface area contributed by atoms with Gasteiger partial charge in [-0.05, 0) is 43.7 Å². The van der Waals surface area contributed by atoms with E-state index in [0.29, 0.717) is 40.9 Å². The van der Waals surface area contributed by atoms with E-state index in [2.05, 4.69) is 15.5 Å². The van der Waals surface area contributed by atoms with Gasteiger partial charge in [-0.25, -0.2) is 9.37 Å². The maximum Gasteiger partial charge on any atom is 0.259 e. The third kappa shape index (κ3) is 3.11. The minimum absolute atomic E-state index is 0.000834. The second kappa shape index (κ2) is 6.76. The molecule has 0 fully saturated rings. The van der Waals surface area contributed by atoms with E-state index in [9.17, 15) is 9.18 Å². The monoisotopic (exact) mass is 329 g/mol. The van der Waals surface area contributed by atoms with Crippen LogP contribution >= 0.6 is 0 Å². The van der Waals surface area contributed by atoms with Gasteiger partial charge in [-0.3, -0.25) is 4.79 Å². The minimum atomic E-state index is -0.350. The van der Waals surface area contributed by atoms with Crippen molar-refractivity contribution in [2.45, 2.75) is 13.3 Å². The molecule has 124 valence electrons. The van der Waals surface area contributed by atoms with Crippen LogP contribution in [0.3, 0.4) is 0 Å². The van der Waals surface area contributed by atoms with E-state index < -0.39 is 0 Å². The number of carbonyl (C=O) groups is 1. The number of nitrogens with zero attached hydrogens (tertiary/aromatic N) is 2. The molecule has 0 aliphatic heterocycles. The van der Waals surface area contributed by atoms with Crippen LogP contribution in [0.4, 0.5) is 4.39 Å². The number of aromatic nitrogens is 2. The molecule has 0 bridgehead atoms. The zero-order valence-electron chi connectivity index (χ0n) is 13.0. The summed E-state index contributed by atoms with van der Waals surface area (Å²) in [7, 11) is 0. The molecule has 7 heteroatoms. The number of benzene rings is 1. The van der Waals surface area contributed by atoms with Crippen LogP contribution in [-0.2, 0) is 0 Å². The topological polar surface area (TPSA) is 88.2 Å². The number of nitrogens with one attached hydrogen (secondary N) is 1. The summed E-state index contributed by atoms with van der Waals surface area (Å²) >= 11 is 0. The SMILES string of the molecule is Cc1noc2nc(-c3ccc(F)cc3)cc(C(=O)NCCCO)c12. The number of aryl methyl sites for hydroxylation is 1. The Labute approximate surface area is 137 Å². The molecule has 0 radical (unpaired) electrons. The lowest BCUT2D eigenvalue weighted by molar-refractivity contribution is 0.0952. The smallest absolute Gasteiger partial charge is 0.259 e. The van der Waals surface area contributed by atoms with Crippen molar-refractivity contribution >= 4 is 17.0 Å². The third-order valence-electron chi connectivity index (χ3n) is 3.62. The van der Waals surface area contributed by atoms with E-state index in [1.165, 1.54) is 12.1 Å². The fourth-order valence-electron chi connectivity index (χ4n) is 2.42. The van der Waals surface area contributed by atoms with Crippen molar-refractivity contribution in [1.29, 1.82) is 0 Å². The molecule has 0 saturated carbocycles. The van der Waals surface area contributed by atoms with Crippen LogP contribution in [0.5, 0.6) is 0 Å². The van der Waals surface area contributed by atoms with Crippen molar-refractivity contribution in [2.24, 2.45) is 0 Å². The zero-order chi connectivity index (χ0) is 17.1. The zero-order valence-corrected chi connectivity index (χ0v) is 13.0. The number of aliphatic hydroxyl groups excluding tert-OH is 1. The van der Waals surface area contributed by atoms with E-state index in [-0.39, 0.29) is 24.0 Å². The molecule has 0 aliphatic rings. The lowest BCUT2D eigenvalue weighted by atomic mass is 10.0. The van der Waals surface area contributed by atoms with E-state index in [0.717, 1.165) is 0 Å². The summed E-state index contributed by atoms with van der Waals surface area (Å²) in [4.78, 5) is 16.8. The van der Waals surface area contributed by atoms with Gasteiger partial charge in [-0.1, -0.05) is 5.16 Å². The van der Waals surface area contributed by atoms with Crippen molar-refractivity contribution < 1.29 is 18.8 Å². The number of halogens is 1. The highest BCUT2D eigenvalue weighted by atomic mass is 19.1. The first-order valence-corrected chi connectivity index (χ1v) is 7.52. The maximum absolute atomic E-state index is 13.1. The van der Waals surface area contributed by atoms with Gasteiger partial charge < -0.3 is 14.9 Å². The van der Waals surface area contributed by atoms with E-state index in [1.54, 1.807) is 25.1 Å². The second-order valence-corrected chi connectivity index (χ2v) is 5.34. The average Bonchev–Trinajstić information content (AvgIpc) is 2.96. The second-order valence-electron chi connectivity index (χ2n) is 5.34. The Bertz CT molecular complexity index is 875. The van der Waals surface area contributed by atoms with Crippen LogP contribution < -0.4 is 5.32 Å². The molecular formula is C17H16FN3O3. The van der Waals surface area contributed by atoms with E-state index in [1.807, 2.05) is 0 Å². The molecular weight excluding hydrogens is 313 g/mol. The number of amides is 1. The molecule has 2 heterocycles. The lowest BCUT2D eigenvalue weighted by Crippen LogP contribution is -2.25. The summed E-state index contributed by atoms with van der Waals surface area (Å²) in [6.07, 6.45) is 0.466. The van der Waals surface area contributed by atoms with Crippen LogP contribution in [-0.4, -0.2) is 34.3 Å². The Kier molecular flexibility index (Phi) is 4.52. The quantitative estimate of drug-likeness (QED) is 0.702. The first-order chi connectivity index (χ1) is 11.6. The summed E-state index contributed by atoms with van der Waals surface area (Å²) in [6, 6.07) is 7.45. The van der Waals surface area contributed by atoms with Crippen molar-refractivity contribution in [3.05, 3.63) is 47.4 Å². The largest absolute Gasteiger partial charge is 0.396 e. The van der Waals surface area contributed by atoms with Gasteiger partial charge in [-0.15, -0.1) is 0 Å². The van der Waals surface area contributed by atoms with Crippen molar-refractivity contribution in [3.63, 3.8) is 0 Å². The summed E-state index contributed by atoms with van der Waals surface area (Å²) < 4.78 is 18.3. The number of hydrogen-bond acceptors (Lipinski definition) is 5. The minimum Gasteiger partial charge on any atom is -0.396 e. The van der Waals surface area contributed by atoms with Crippen LogP contribution in [0.1, 0.15) is 22.5 Å². The summed E-state index contributed by atoms with van der Waals surface area (Å²) in [5, 5.41) is 16.0. The highest BCUT2D eigenvalue weighted by Crippen LogP contribution is 2.27. The number of rotatable bonds is 5. The molecule has 24 heavy (non-hydrogen) atoms. The van der Waals surface area contributed by atoms with Crippen LogP contribution in [0.15, 0.2) is 34.9 Å². The number of carbonyl (C=O) groups excluding carboxylic acids is 1. The van der Waals surface area contributed by atoms with E-state index >= 15 is 0 Å². The summed E-state index contributed by atoms with van der Waals surface area (Å²) in [5.41, 5.74) is 2.36. The van der Waals surface area contributed by atoms with Crippen molar-refractivity contribution in [3.8, 4) is 11.3 Å². The van der Waals surface area contributed by atoms with Crippen molar-refractivity contribution in [1.82, 2.24) is 15.5 Å². The molecule has 3 aromatic rings. The molecule has 0 saturated heterocycles. The number of pyridine rings is 1. The fraction of sp³-hybridized carbons (Fsp3) is 0.235. The first-order valence-electron chi connectivity index (χ1n) is 7.52. The predicted octanol–water partition coefficient (Wildman–Crippen LogP) is 2.45. The van der Waals surface area contributed by atoms with Crippen LogP contribution in [0, 0.1) is 12.7 Å². The van der Waals surface area contributed by atoms with Crippen LogP contribution in [0.2, 0.25) is 0 Å². The molecule has 2 N–H and O–H groups in total. The molecule has 0 aliphatic carbocycles. The highest BCUT2D eigenvalue weighted by molar-refractivity contribution is 6.06. The third-order valence-corrected chi connectivity index (χ3v) is 3.62. The number of aliphatic hydroxyl groups is 1. The van der Waals surface area contributed by atoms with Gasteiger partial charge in [0.2, 0.25) is 0 Å². The lowest BCUT2D eigenvalue weighted by Gasteiger charge is -2.08. The van der Waals surface area contributed by atoms with Gasteiger partial charge in [0.15, 0.2) is 0 Å². The molecule has 1 amide bonds. The maximum atomic E-state index is 13.1. The number of hydrogen-bond donors (Lipinski definition) is 2. The Hall–Kier alpha value is -2.80. The van der Waals surface area contributed by atoms with Gasteiger partial charge in [0.05, 0.1) is 22.3 Å². The predicted molar refractivity (Wildman–Crippen MR) is 86.0 cm³/mol. The molecule has 0 atom stereocenters. The normalized spacial score (nSPS) is 11.0. The van der Waals surface area contributed by atoms with Crippen molar-refractivity contribution in [2.75, 3.05) is 13.2 Å². The fourth-order valence-corrected chi connectivity index (χ4v) is 2.42. The molecule has 0 unspecified atom stereocenters. The van der Waals surface area contributed by atoms with Gasteiger partial charge in [0, 0.05) is 18.7 Å². The summed E-state index contributed by atoms with van der Waals surface area (Å²) in [5.74, 6) is -0.650. The van der Waals surface area contributed by atoms with Gasteiger partial charge in [-0.2, -0.15) is 0 Å². The first kappa shape index (κ1) is 16.1. The molecule has 3 rings (SSSR count). The molecule has 0 spiro atoms. The van der Waals surface area contributed by atoms with E-state index in [4.69, 9.17) is 9.63 Å². The Balaban J connectivity index is 2.06. The van der Waals surface area contributed by atoms with Crippen LogP contribution in [0.25, 0.3) is 22.4 Å². The molecule has 2 aromatic heterocycles. The molecule has 1 aromatic carbocycles.